The van der Waals surface area contributed by atoms with Gasteiger partial charge in [0.15, 0.2) is 0 Å². The van der Waals surface area contributed by atoms with Gasteiger partial charge in [-0.25, -0.2) is 0 Å². The van der Waals surface area contributed by atoms with Crippen LogP contribution in [-0.2, 0) is 14.4 Å². The lowest BCUT2D eigenvalue weighted by molar-refractivity contribution is -0.145. The first-order chi connectivity index (χ1) is 10.0. The highest BCUT2D eigenvalue weighted by Gasteiger charge is 2.33. The minimum Gasteiger partial charge on any atom is -0.347 e. The molecule has 126 valence electrons. The Morgan fingerprint density at radius 2 is 1.55 bits per heavy atom. The third-order valence-corrected chi connectivity index (χ3v) is 4.02. The molecular weight excluding hydrogens is 282 g/mol. The Morgan fingerprint density at radius 1 is 1.05 bits per heavy atom. The maximum absolute atomic E-state index is 12.4. The van der Waals surface area contributed by atoms with E-state index >= 15 is 0 Å². The molecule has 1 aliphatic heterocycles. The molecule has 1 saturated heterocycles. The molecule has 3 amide bonds. The molecule has 1 aliphatic rings. The predicted octanol–water partition coefficient (Wildman–Crippen LogP) is 0.818. The summed E-state index contributed by atoms with van der Waals surface area (Å²) in [7, 11) is 5.02. The highest BCUT2D eigenvalue weighted by atomic mass is 16.2. The average Bonchev–Trinajstić information content (AvgIpc) is 2.44. The molecule has 6 heteroatoms. The molecule has 0 aromatic heterocycles. The van der Waals surface area contributed by atoms with Crippen molar-refractivity contribution in [3.8, 4) is 0 Å². The van der Waals surface area contributed by atoms with Gasteiger partial charge >= 0.3 is 0 Å². The molecule has 0 radical (unpaired) electrons. The van der Waals surface area contributed by atoms with E-state index in [4.69, 9.17) is 0 Å². The minimum atomic E-state index is -0.383. The van der Waals surface area contributed by atoms with Gasteiger partial charge in [0, 0.05) is 45.6 Å². The molecule has 6 nitrogen and oxygen atoms in total. The van der Waals surface area contributed by atoms with Crippen LogP contribution in [-0.4, -0.2) is 73.2 Å². The third-order valence-electron chi connectivity index (χ3n) is 4.02. The first-order valence-corrected chi connectivity index (χ1v) is 7.78. The van der Waals surface area contributed by atoms with Crippen LogP contribution in [0.2, 0.25) is 0 Å². The van der Waals surface area contributed by atoms with Gasteiger partial charge in [-0.3, -0.25) is 14.4 Å². The van der Waals surface area contributed by atoms with Crippen LogP contribution < -0.4 is 0 Å². The number of likely N-dealkylation sites (tertiary alicyclic amines) is 1. The molecule has 0 saturated carbocycles. The summed E-state index contributed by atoms with van der Waals surface area (Å²) in [6, 6.07) is 0. The summed E-state index contributed by atoms with van der Waals surface area (Å²) in [4.78, 5) is 41.1. The van der Waals surface area contributed by atoms with Crippen molar-refractivity contribution in [3.05, 3.63) is 0 Å². The van der Waals surface area contributed by atoms with Crippen molar-refractivity contribution in [1.29, 1.82) is 0 Å². The van der Waals surface area contributed by atoms with E-state index in [1.54, 1.807) is 21.1 Å². The first-order valence-electron chi connectivity index (χ1n) is 7.78. The van der Waals surface area contributed by atoms with E-state index in [9.17, 15) is 14.4 Å². The molecule has 22 heavy (non-hydrogen) atoms. The number of hydrogen-bond acceptors (Lipinski definition) is 3. The Kier molecular flexibility index (Phi) is 5.97. The number of rotatable bonds is 3. The van der Waals surface area contributed by atoms with Crippen molar-refractivity contribution in [2.24, 2.45) is 11.3 Å². The fourth-order valence-corrected chi connectivity index (χ4v) is 2.54. The monoisotopic (exact) mass is 311 g/mol. The van der Waals surface area contributed by atoms with Gasteiger partial charge in [0.05, 0.1) is 6.54 Å². The number of carbonyl (C=O) groups excluding carboxylic acids is 3. The zero-order valence-corrected chi connectivity index (χ0v) is 14.7. The van der Waals surface area contributed by atoms with Gasteiger partial charge in [-0.1, -0.05) is 20.8 Å². The van der Waals surface area contributed by atoms with Crippen LogP contribution in [0, 0.1) is 11.3 Å². The molecule has 0 aromatic rings. The highest BCUT2D eigenvalue weighted by Crippen LogP contribution is 2.24. The normalized spacial score (nSPS) is 16.4. The Hall–Kier alpha value is -1.59. The van der Waals surface area contributed by atoms with Crippen LogP contribution in [0.3, 0.4) is 0 Å². The van der Waals surface area contributed by atoms with E-state index in [2.05, 4.69) is 0 Å². The fraction of sp³-hybridized carbons (Fsp3) is 0.812. The van der Waals surface area contributed by atoms with Gasteiger partial charge in [0.25, 0.3) is 0 Å². The number of nitrogens with zero attached hydrogens (tertiary/aromatic N) is 3. The minimum absolute atomic E-state index is 0.00180. The largest absolute Gasteiger partial charge is 0.347 e. The van der Waals surface area contributed by atoms with E-state index in [1.807, 2.05) is 25.7 Å². The van der Waals surface area contributed by atoms with Crippen LogP contribution in [0.15, 0.2) is 0 Å². The molecule has 0 aliphatic carbocycles. The molecule has 1 rings (SSSR count). The number of likely N-dealkylation sites (N-methyl/N-ethyl adjacent to an activating group) is 2. The molecule has 1 fully saturated rings. The van der Waals surface area contributed by atoms with Crippen molar-refractivity contribution in [1.82, 2.24) is 14.7 Å². The van der Waals surface area contributed by atoms with Gasteiger partial charge in [-0.05, 0) is 12.8 Å². The molecule has 0 unspecified atom stereocenters. The summed E-state index contributed by atoms with van der Waals surface area (Å²) in [5, 5.41) is 0. The van der Waals surface area contributed by atoms with Crippen LogP contribution in [0.5, 0.6) is 0 Å². The Bertz CT molecular complexity index is 432. The van der Waals surface area contributed by atoms with Gasteiger partial charge in [0.1, 0.15) is 0 Å². The molecule has 0 bridgehead atoms. The molecule has 1 heterocycles. The smallest absolute Gasteiger partial charge is 0.241 e. The van der Waals surface area contributed by atoms with Crippen LogP contribution in [0.25, 0.3) is 0 Å². The topological polar surface area (TPSA) is 60.9 Å². The van der Waals surface area contributed by atoms with Crippen molar-refractivity contribution >= 4 is 17.7 Å². The third kappa shape index (κ3) is 4.71. The maximum Gasteiger partial charge on any atom is 0.241 e. The van der Waals surface area contributed by atoms with Gasteiger partial charge in [0.2, 0.25) is 17.7 Å². The lowest BCUT2D eigenvalue weighted by Gasteiger charge is -2.36. The molecule has 0 aromatic carbocycles. The first kappa shape index (κ1) is 18.5. The summed E-state index contributed by atoms with van der Waals surface area (Å²) in [6.45, 7) is 7.06. The lowest BCUT2D eigenvalue weighted by Crippen LogP contribution is -2.48. The van der Waals surface area contributed by atoms with Crippen molar-refractivity contribution in [2.45, 2.75) is 33.6 Å². The van der Waals surface area contributed by atoms with E-state index in [0.717, 1.165) is 0 Å². The van der Waals surface area contributed by atoms with Crippen molar-refractivity contribution in [2.75, 3.05) is 40.8 Å². The van der Waals surface area contributed by atoms with Crippen molar-refractivity contribution < 1.29 is 14.4 Å². The second-order valence-electron chi connectivity index (χ2n) is 7.30. The summed E-state index contributed by atoms with van der Waals surface area (Å²) >= 11 is 0. The number of piperidine rings is 1. The van der Waals surface area contributed by atoms with Crippen LogP contribution >= 0.6 is 0 Å². The SMILES string of the molecule is CN(C)C(=O)CN(C)C(=O)C1CCN(C(=O)C(C)(C)C)CC1. The molecule has 0 N–H and O–H groups in total. The zero-order chi connectivity index (χ0) is 17.1. The Labute approximate surface area is 133 Å². The van der Waals surface area contributed by atoms with E-state index in [1.165, 1.54) is 9.80 Å². The number of amides is 3. The second-order valence-corrected chi connectivity index (χ2v) is 7.30. The van der Waals surface area contributed by atoms with Crippen molar-refractivity contribution in [3.63, 3.8) is 0 Å². The van der Waals surface area contributed by atoms with E-state index in [0.29, 0.717) is 25.9 Å². The summed E-state index contributed by atoms with van der Waals surface area (Å²) < 4.78 is 0. The molecule has 0 atom stereocenters. The lowest BCUT2D eigenvalue weighted by atomic mass is 9.90. The molecular formula is C16H29N3O3. The fourth-order valence-electron chi connectivity index (χ4n) is 2.54. The molecule has 0 spiro atoms. The summed E-state index contributed by atoms with van der Waals surface area (Å²) in [6.07, 6.45) is 1.34. The Morgan fingerprint density at radius 3 is 1.95 bits per heavy atom. The van der Waals surface area contributed by atoms with E-state index < -0.39 is 0 Å². The maximum atomic E-state index is 12.4. The highest BCUT2D eigenvalue weighted by molar-refractivity contribution is 5.86. The second kappa shape index (κ2) is 7.11. The quantitative estimate of drug-likeness (QED) is 0.775. The van der Waals surface area contributed by atoms with E-state index in [-0.39, 0.29) is 35.6 Å². The zero-order valence-electron chi connectivity index (χ0n) is 14.7. The van der Waals surface area contributed by atoms with Crippen LogP contribution in [0.1, 0.15) is 33.6 Å². The van der Waals surface area contributed by atoms with Crippen LogP contribution in [0.4, 0.5) is 0 Å². The standard InChI is InChI=1S/C16H29N3O3/c1-16(2,3)15(22)19-9-7-12(8-10-19)14(21)18(6)11-13(20)17(4)5/h12H,7-11H2,1-6H3. The number of carbonyl (C=O) groups is 3. The van der Waals surface area contributed by atoms with Gasteiger partial charge in [-0.2, -0.15) is 0 Å². The Balaban J connectivity index is 2.52. The van der Waals surface area contributed by atoms with Gasteiger partial charge in [-0.15, -0.1) is 0 Å². The average molecular weight is 311 g/mol. The predicted molar refractivity (Wildman–Crippen MR) is 85.1 cm³/mol. The summed E-state index contributed by atoms with van der Waals surface area (Å²) in [5.74, 6) is -0.0484. The summed E-state index contributed by atoms with van der Waals surface area (Å²) in [5.41, 5.74) is -0.383. The number of hydrogen-bond donors (Lipinski definition) is 0. The van der Waals surface area contributed by atoms with Gasteiger partial charge < -0.3 is 14.7 Å².